The van der Waals surface area contributed by atoms with Gasteiger partial charge >= 0.3 is 5.97 Å². The molecule has 0 aliphatic carbocycles. The summed E-state index contributed by atoms with van der Waals surface area (Å²) in [4.78, 5) is 25.2. The standard InChI is InChI=1S/C26H21FO4/c1-15(2)18-6-4-17(5-7-18)13-23-25(28)24-16(3)12-21(14-22(24)31-23)30-26(29)19-8-10-20(27)11-9-19/h4-15H,1-3H3/b23-13-. The van der Waals surface area contributed by atoms with E-state index in [4.69, 9.17) is 9.47 Å². The molecule has 5 heteroatoms. The summed E-state index contributed by atoms with van der Waals surface area (Å²) in [5.41, 5.74) is 3.39. The number of ether oxygens (including phenoxy) is 2. The Labute approximate surface area is 179 Å². The monoisotopic (exact) mass is 416 g/mol. The fourth-order valence-electron chi connectivity index (χ4n) is 3.42. The highest BCUT2D eigenvalue weighted by atomic mass is 19.1. The van der Waals surface area contributed by atoms with Crippen LogP contribution in [0.15, 0.2) is 66.4 Å². The molecular formula is C26H21FO4. The molecule has 156 valence electrons. The summed E-state index contributed by atoms with van der Waals surface area (Å²) in [6.45, 7) is 6.00. The maximum atomic E-state index is 13.1. The predicted molar refractivity (Wildman–Crippen MR) is 116 cm³/mol. The summed E-state index contributed by atoms with van der Waals surface area (Å²) in [7, 11) is 0. The minimum atomic E-state index is -0.621. The highest BCUT2D eigenvalue weighted by molar-refractivity contribution is 6.15. The zero-order valence-corrected chi connectivity index (χ0v) is 17.4. The summed E-state index contributed by atoms with van der Waals surface area (Å²) in [5.74, 6) is -0.0270. The van der Waals surface area contributed by atoms with Gasteiger partial charge in [-0.2, -0.15) is 0 Å². The number of rotatable bonds is 4. The van der Waals surface area contributed by atoms with Crippen LogP contribution in [0.4, 0.5) is 4.39 Å². The maximum Gasteiger partial charge on any atom is 0.343 e. The number of carbonyl (C=O) groups excluding carboxylic acids is 2. The Morgan fingerprint density at radius 3 is 2.35 bits per heavy atom. The van der Waals surface area contributed by atoms with Gasteiger partial charge in [-0.15, -0.1) is 0 Å². The molecule has 0 unspecified atom stereocenters. The van der Waals surface area contributed by atoms with Crippen LogP contribution in [0.3, 0.4) is 0 Å². The molecule has 0 spiro atoms. The summed E-state index contributed by atoms with van der Waals surface area (Å²) in [6.07, 6.45) is 1.70. The van der Waals surface area contributed by atoms with Gasteiger partial charge in [0, 0.05) is 6.07 Å². The third-order valence-corrected chi connectivity index (χ3v) is 5.13. The second kappa shape index (κ2) is 8.19. The molecule has 0 aromatic heterocycles. The quantitative estimate of drug-likeness (QED) is 0.293. The van der Waals surface area contributed by atoms with Crippen LogP contribution in [0, 0.1) is 12.7 Å². The van der Waals surface area contributed by atoms with Crippen LogP contribution >= 0.6 is 0 Å². The van der Waals surface area contributed by atoms with Crippen LogP contribution in [0.5, 0.6) is 11.5 Å². The number of halogens is 1. The Morgan fingerprint density at radius 2 is 1.71 bits per heavy atom. The van der Waals surface area contributed by atoms with E-state index in [1.54, 1.807) is 19.1 Å². The van der Waals surface area contributed by atoms with Crippen LogP contribution in [0.2, 0.25) is 0 Å². The third-order valence-electron chi connectivity index (χ3n) is 5.13. The van der Waals surface area contributed by atoms with Crippen LogP contribution in [0.1, 0.15) is 57.2 Å². The predicted octanol–water partition coefficient (Wildman–Crippen LogP) is 6.09. The molecule has 1 heterocycles. The molecule has 3 aromatic carbocycles. The fourth-order valence-corrected chi connectivity index (χ4v) is 3.42. The molecule has 3 aromatic rings. The lowest BCUT2D eigenvalue weighted by Gasteiger charge is -2.08. The molecule has 0 atom stereocenters. The van der Waals surface area contributed by atoms with Gasteiger partial charge in [-0.3, -0.25) is 4.79 Å². The van der Waals surface area contributed by atoms with Gasteiger partial charge < -0.3 is 9.47 Å². The van der Waals surface area contributed by atoms with Crippen molar-refractivity contribution >= 4 is 17.8 Å². The summed E-state index contributed by atoms with van der Waals surface area (Å²) in [5, 5.41) is 0. The SMILES string of the molecule is Cc1cc(OC(=O)c2ccc(F)cc2)cc2c1C(=O)/C(=C/c1ccc(C(C)C)cc1)O2. The number of esters is 1. The Balaban J connectivity index is 1.57. The van der Waals surface area contributed by atoms with E-state index in [1.165, 1.54) is 35.9 Å². The highest BCUT2D eigenvalue weighted by Gasteiger charge is 2.30. The first-order valence-corrected chi connectivity index (χ1v) is 9.98. The number of hydrogen-bond donors (Lipinski definition) is 0. The lowest BCUT2D eigenvalue weighted by atomic mass is 10.0. The minimum Gasteiger partial charge on any atom is -0.452 e. The molecular weight excluding hydrogens is 395 g/mol. The highest BCUT2D eigenvalue weighted by Crippen LogP contribution is 2.37. The summed E-state index contributed by atoms with van der Waals surface area (Å²) in [6, 6.07) is 16.2. The van der Waals surface area contributed by atoms with Crippen molar-refractivity contribution in [2.45, 2.75) is 26.7 Å². The number of carbonyl (C=O) groups is 2. The average Bonchev–Trinajstić information content (AvgIpc) is 3.04. The largest absolute Gasteiger partial charge is 0.452 e. The van der Waals surface area contributed by atoms with Gasteiger partial charge in [-0.1, -0.05) is 38.1 Å². The Morgan fingerprint density at radius 1 is 1.03 bits per heavy atom. The lowest BCUT2D eigenvalue weighted by Crippen LogP contribution is -2.08. The van der Waals surface area contributed by atoms with Crippen LogP contribution in [0.25, 0.3) is 6.08 Å². The number of fused-ring (bicyclic) bond motifs is 1. The van der Waals surface area contributed by atoms with Crippen LogP contribution in [-0.4, -0.2) is 11.8 Å². The molecule has 0 radical (unpaired) electrons. The van der Waals surface area contributed by atoms with Crippen molar-refractivity contribution in [2.24, 2.45) is 0 Å². The summed E-state index contributed by atoms with van der Waals surface area (Å²) >= 11 is 0. The van der Waals surface area contributed by atoms with E-state index in [-0.39, 0.29) is 22.9 Å². The van der Waals surface area contributed by atoms with Crippen molar-refractivity contribution in [3.63, 3.8) is 0 Å². The van der Waals surface area contributed by atoms with Crippen molar-refractivity contribution in [1.29, 1.82) is 0 Å². The molecule has 4 nitrogen and oxygen atoms in total. The Hall–Kier alpha value is -3.73. The van der Waals surface area contributed by atoms with Gasteiger partial charge in [0.2, 0.25) is 5.78 Å². The third kappa shape index (κ3) is 4.26. The van der Waals surface area contributed by atoms with Gasteiger partial charge in [-0.05, 0) is 65.9 Å². The van der Waals surface area contributed by atoms with E-state index in [2.05, 4.69) is 13.8 Å². The molecule has 4 rings (SSSR count). The second-order valence-corrected chi connectivity index (χ2v) is 7.77. The molecule has 31 heavy (non-hydrogen) atoms. The molecule has 0 amide bonds. The Kier molecular flexibility index (Phi) is 5.42. The zero-order valence-electron chi connectivity index (χ0n) is 17.4. The van der Waals surface area contributed by atoms with Crippen molar-refractivity contribution < 1.29 is 23.5 Å². The lowest BCUT2D eigenvalue weighted by molar-refractivity contribution is 0.0734. The fraction of sp³-hybridized carbons (Fsp3) is 0.154. The number of ketones is 1. The molecule has 1 aliphatic heterocycles. The average molecular weight is 416 g/mol. The van der Waals surface area contributed by atoms with Crippen molar-refractivity contribution in [3.8, 4) is 11.5 Å². The van der Waals surface area contributed by atoms with Gasteiger partial charge in [0.25, 0.3) is 0 Å². The van der Waals surface area contributed by atoms with E-state index in [9.17, 15) is 14.0 Å². The number of benzene rings is 3. The second-order valence-electron chi connectivity index (χ2n) is 7.77. The normalized spacial score (nSPS) is 14.0. The maximum absolute atomic E-state index is 13.1. The van der Waals surface area contributed by atoms with Crippen molar-refractivity contribution in [2.75, 3.05) is 0 Å². The molecule has 0 saturated carbocycles. The smallest absolute Gasteiger partial charge is 0.343 e. The van der Waals surface area contributed by atoms with Crippen molar-refractivity contribution in [3.05, 3.63) is 100 Å². The molecule has 0 saturated heterocycles. The van der Waals surface area contributed by atoms with E-state index in [1.807, 2.05) is 24.3 Å². The molecule has 1 aliphatic rings. The van der Waals surface area contributed by atoms with Crippen LogP contribution in [-0.2, 0) is 0 Å². The zero-order chi connectivity index (χ0) is 22.1. The van der Waals surface area contributed by atoms with E-state index in [0.717, 1.165) is 5.56 Å². The minimum absolute atomic E-state index is 0.211. The topological polar surface area (TPSA) is 52.6 Å². The van der Waals surface area contributed by atoms with Crippen molar-refractivity contribution in [1.82, 2.24) is 0 Å². The van der Waals surface area contributed by atoms with Gasteiger partial charge in [-0.25, -0.2) is 9.18 Å². The van der Waals surface area contributed by atoms with E-state index >= 15 is 0 Å². The summed E-state index contributed by atoms with van der Waals surface area (Å²) < 4.78 is 24.3. The van der Waals surface area contributed by atoms with Gasteiger partial charge in [0.05, 0.1) is 11.1 Å². The number of allylic oxidation sites excluding steroid dienone is 1. The Bertz CT molecular complexity index is 1190. The number of Topliss-reactive ketones (excluding diaryl/α,β-unsaturated/α-hetero) is 1. The van der Waals surface area contributed by atoms with E-state index in [0.29, 0.717) is 22.8 Å². The first-order valence-electron chi connectivity index (χ1n) is 9.98. The molecule has 0 N–H and O–H groups in total. The molecule has 0 fully saturated rings. The number of aryl methyl sites for hydroxylation is 1. The van der Waals surface area contributed by atoms with E-state index < -0.39 is 11.8 Å². The van der Waals surface area contributed by atoms with Gasteiger partial charge in [0.15, 0.2) is 5.76 Å². The first-order chi connectivity index (χ1) is 14.8. The number of hydrogen-bond acceptors (Lipinski definition) is 4. The molecule has 0 bridgehead atoms. The van der Waals surface area contributed by atoms with Gasteiger partial charge in [0.1, 0.15) is 17.3 Å². The first kappa shape index (κ1) is 20.5. The van der Waals surface area contributed by atoms with Crippen LogP contribution < -0.4 is 9.47 Å².